The van der Waals surface area contributed by atoms with E-state index in [1.54, 1.807) is 0 Å². The first-order chi connectivity index (χ1) is 8.39. The summed E-state index contributed by atoms with van der Waals surface area (Å²) in [5.74, 6) is 1.85. The van der Waals surface area contributed by atoms with Crippen molar-refractivity contribution in [1.82, 2.24) is 0 Å². The zero-order chi connectivity index (χ0) is 13.0. The minimum atomic E-state index is -3.65. The summed E-state index contributed by atoms with van der Waals surface area (Å²) >= 11 is -3.15. The smallest absolute Gasteiger partial charge is 0.367 e. The van der Waals surface area contributed by atoms with Crippen LogP contribution in [0.1, 0.15) is 38.5 Å². The van der Waals surface area contributed by atoms with E-state index in [2.05, 4.69) is 0 Å². The monoisotopic (exact) mass is 280 g/mol. The molecule has 6 heteroatoms. The Morgan fingerprint density at radius 2 is 1.61 bits per heavy atom. The van der Waals surface area contributed by atoms with Crippen molar-refractivity contribution in [2.24, 2.45) is 17.8 Å². The highest BCUT2D eigenvalue weighted by Gasteiger charge is 2.53. The molecule has 0 aromatic rings. The Morgan fingerprint density at radius 1 is 1.17 bits per heavy atom. The van der Waals surface area contributed by atoms with Crippen LogP contribution in [0.15, 0.2) is 0 Å². The van der Waals surface area contributed by atoms with E-state index in [1.807, 2.05) is 0 Å². The molecule has 4 fully saturated rings. The van der Waals surface area contributed by atoms with E-state index in [-0.39, 0.29) is 0 Å². The summed E-state index contributed by atoms with van der Waals surface area (Å²) in [6.07, 6.45) is 6.20. The first-order valence-electron chi connectivity index (χ1n) is 6.51. The van der Waals surface area contributed by atoms with E-state index in [0.717, 1.165) is 19.3 Å². The molecule has 4 rings (SSSR count). The molecular formula is C12H18F2O3S. The van der Waals surface area contributed by atoms with Crippen molar-refractivity contribution >= 4 is 11.1 Å². The molecule has 0 saturated heterocycles. The fourth-order valence-electron chi connectivity index (χ4n) is 4.50. The Kier molecular flexibility index (Phi) is 3.03. The molecule has 0 radical (unpaired) electrons. The number of rotatable bonds is 4. The lowest BCUT2D eigenvalue weighted by Crippen LogP contribution is -2.53. The lowest BCUT2D eigenvalue weighted by molar-refractivity contribution is -0.185. The van der Waals surface area contributed by atoms with Crippen molar-refractivity contribution in [2.45, 2.75) is 49.4 Å². The predicted octanol–water partition coefficient (Wildman–Crippen LogP) is 2.79. The molecule has 0 heterocycles. The SMILES string of the molecule is O=S(O)C(F)(F)COC12CC3CC(CC(C3)C1)C2. The molecule has 4 aliphatic carbocycles. The third-order valence-corrected chi connectivity index (χ3v) is 5.41. The van der Waals surface area contributed by atoms with Gasteiger partial charge in [-0.3, -0.25) is 0 Å². The number of halogens is 2. The Bertz CT molecular complexity index is 337. The van der Waals surface area contributed by atoms with Gasteiger partial charge in [0, 0.05) is 0 Å². The van der Waals surface area contributed by atoms with Crippen molar-refractivity contribution in [3.63, 3.8) is 0 Å². The maximum atomic E-state index is 13.2. The Morgan fingerprint density at radius 3 is 2.00 bits per heavy atom. The van der Waals surface area contributed by atoms with Gasteiger partial charge in [-0.1, -0.05) is 0 Å². The van der Waals surface area contributed by atoms with Crippen LogP contribution in [0.4, 0.5) is 8.78 Å². The Labute approximate surface area is 108 Å². The molecule has 0 amide bonds. The zero-order valence-electron chi connectivity index (χ0n) is 10.1. The zero-order valence-corrected chi connectivity index (χ0v) is 10.9. The van der Waals surface area contributed by atoms with Gasteiger partial charge in [0.1, 0.15) is 6.61 Å². The van der Waals surface area contributed by atoms with Gasteiger partial charge in [-0.15, -0.1) is 0 Å². The van der Waals surface area contributed by atoms with Crippen molar-refractivity contribution < 1.29 is 22.3 Å². The van der Waals surface area contributed by atoms with Crippen LogP contribution in [-0.2, 0) is 15.8 Å². The van der Waals surface area contributed by atoms with Crippen LogP contribution in [0, 0.1) is 17.8 Å². The fraction of sp³-hybridized carbons (Fsp3) is 1.00. The average Bonchev–Trinajstić information content (AvgIpc) is 2.24. The van der Waals surface area contributed by atoms with Gasteiger partial charge in [0.05, 0.1) is 5.60 Å². The lowest BCUT2D eigenvalue weighted by atomic mass is 9.54. The van der Waals surface area contributed by atoms with Crippen LogP contribution >= 0.6 is 0 Å². The first-order valence-corrected chi connectivity index (χ1v) is 7.62. The van der Waals surface area contributed by atoms with Gasteiger partial charge in [-0.05, 0) is 56.3 Å². The molecule has 4 aliphatic rings. The molecule has 0 aromatic heterocycles. The van der Waals surface area contributed by atoms with E-state index < -0.39 is 28.5 Å². The summed E-state index contributed by atoms with van der Waals surface area (Å²) < 4.78 is 50.8. The molecule has 1 atom stereocenters. The topological polar surface area (TPSA) is 46.5 Å². The van der Waals surface area contributed by atoms with Gasteiger partial charge in [-0.25, -0.2) is 4.21 Å². The van der Waals surface area contributed by atoms with Crippen LogP contribution in [0.5, 0.6) is 0 Å². The minimum Gasteiger partial charge on any atom is -0.368 e. The Balaban J connectivity index is 1.67. The van der Waals surface area contributed by atoms with E-state index in [9.17, 15) is 13.0 Å². The van der Waals surface area contributed by atoms with E-state index in [0.29, 0.717) is 17.8 Å². The maximum Gasteiger partial charge on any atom is 0.367 e. The van der Waals surface area contributed by atoms with Gasteiger partial charge in [-0.2, -0.15) is 8.78 Å². The van der Waals surface area contributed by atoms with E-state index in [1.165, 1.54) is 19.3 Å². The number of hydrogen-bond donors (Lipinski definition) is 1. The molecule has 104 valence electrons. The highest BCUT2D eigenvalue weighted by Crippen LogP contribution is 2.57. The summed E-state index contributed by atoms with van der Waals surface area (Å²) in [6, 6.07) is 0. The molecule has 0 aromatic carbocycles. The lowest BCUT2D eigenvalue weighted by Gasteiger charge is -2.56. The number of alkyl halides is 2. The van der Waals surface area contributed by atoms with Crippen molar-refractivity contribution in [1.29, 1.82) is 0 Å². The van der Waals surface area contributed by atoms with Crippen LogP contribution in [0.2, 0.25) is 0 Å². The summed E-state index contributed by atoms with van der Waals surface area (Å²) in [5, 5.41) is -3.65. The molecular weight excluding hydrogens is 262 g/mol. The molecule has 0 aliphatic heterocycles. The summed E-state index contributed by atoms with van der Waals surface area (Å²) in [7, 11) is 0. The number of hydrogen-bond acceptors (Lipinski definition) is 2. The van der Waals surface area contributed by atoms with Crippen LogP contribution < -0.4 is 0 Å². The highest BCUT2D eigenvalue weighted by molar-refractivity contribution is 7.80. The third kappa shape index (κ3) is 2.23. The summed E-state index contributed by atoms with van der Waals surface area (Å²) in [6.45, 7) is -0.928. The molecule has 1 unspecified atom stereocenters. The second kappa shape index (κ2) is 4.21. The second-order valence-corrected chi connectivity index (χ2v) is 7.37. The van der Waals surface area contributed by atoms with Gasteiger partial charge in [0.2, 0.25) is 11.1 Å². The maximum absolute atomic E-state index is 13.2. The summed E-state index contributed by atoms with van der Waals surface area (Å²) in [5.41, 5.74) is -0.433. The van der Waals surface area contributed by atoms with Crippen molar-refractivity contribution in [3.8, 4) is 0 Å². The van der Waals surface area contributed by atoms with Gasteiger partial charge in [0.15, 0.2) is 0 Å². The minimum absolute atomic E-state index is 0.433. The van der Waals surface area contributed by atoms with Crippen LogP contribution in [-0.4, -0.2) is 26.2 Å². The standard InChI is InChI=1S/C12H18F2O3S/c13-12(14,18(15)16)7-17-11-4-8-1-9(5-11)3-10(2-8)6-11/h8-10H,1-7H2,(H,15,16). The quantitative estimate of drug-likeness (QED) is 0.805. The van der Waals surface area contributed by atoms with Crippen molar-refractivity contribution in [2.75, 3.05) is 6.61 Å². The number of ether oxygens (including phenoxy) is 1. The van der Waals surface area contributed by atoms with Crippen LogP contribution in [0.25, 0.3) is 0 Å². The normalized spacial score (nSPS) is 44.3. The van der Waals surface area contributed by atoms with Crippen LogP contribution in [0.3, 0.4) is 0 Å². The Hall–Kier alpha value is -0.0700. The third-order valence-electron chi connectivity index (χ3n) is 4.78. The predicted molar refractivity (Wildman–Crippen MR) is 62.6 cm³/mol. The van der Waals surface area contributed by atoms with E-state index in [4.69, 9.17) is 9.29 Å². The molecule has 4 saturated carbocycles. The second-order valence-electron chi connectivity index (χ2n) is 6.28. The molecule has 4 bridgehead atoms. The van der Waals surface area contributed by atoms with Crippen molar-refractivity contribution in [3.05, 3.63) is 0 Å². The average molecular weight is 280 g/mol. The van der Waals surface area contributed by atoms with E-state index >= 15 is 0 Å². The molecule has 3 nitrogen and oxygen atoms in total. The van der Waals surface area contributed by atoms with Gasteiger partial charge >= 0.3 is 5.25 Å². The highest BCUT2D eigenvalue weighted by atomic mass is 32.2. The first kappa shape index (κ1) is 12.9. The van der Waals surface area contributed by atoms with Gasteiger partial charge in [0.25, 0.3) is 0 Å². The van der Waals surface area contributed by atoms with Gasteiger partial charge < -0.3 is 9.29 Å². The largest absolute Gasteiger partial charge is 0.368 e. The molecule has 18 heavy (non-hydrogen) atoms. The fourth-order valence-corrected chi connectivity index (χ4v) is 4.66. The molecule has 0 spiro atoms. The molecule has 1 N–H and O–H groups in total. The summed E-state index contributed by atoms with van der Waals surface area (Å²) in [4.78, 5) is 0.